The summed E-state index contributed by atoms with van der Waals surface area (Å²) in [7, 11) is 3.88. The third kappa shape index (κ3) is 5.48. The minimum absolute atomic E-state index is 0.200. The Kier molecular flexibility index (Phi) is 6.87. The highest BCUT2D eigenvalue weighted by atomic mass is 32.1. The van der Waals surface area contributed by atoms with Crippen molar-refractivity contribution < 1.29 is 4.79 Å². The summed E-state index contributed by atoms with van der Waals surface area (Å²) < 4.78 is 0. The van der Waals surface area contributed by atoms with E-state index >= 15 is 0 Å². The van der Waals surface area contributed by atoms with Crippen LogP contribution in [0.25, 0.3) is 0 Å². The third-order valence-electron chi connectivity index (χ3n) is 2.36. The van der Waals surface area contributed by atoms with E-state index in [1.54, 1.807) is 18.2 Å². The number of hydrogen-bond donors (Lipinski definition) is 1. The van der Waals surface area contributed by atoms with Crippen LogP contribution in [0.3, 0.4) is 0 Å². The summed E-state index contributed by atoms with van der Waals surface area (Å²) in [5.41, 5.74) is 1.45. The number of isothiocyanates is 2. The molecule has 0 aliphatic carbocycles. The van der Waals surface area contributed by atoms with Gasteiger partial charge in [0, 0.05) is 18.7 Å². The maximum absolute atomic E-state index is 12.0. The van der Waals surface area contributed by atoms with Gasteiger partial charge in [-0.25, -0.2) is 0 Å². The maximum atomic E-state index is 12.0. The molecule has 0 saturated heterocycles. The van der Waals surface area contributed by atoms with Gasteiger partial charge in [0.25, 0.3) is 5.91 Å². The van der Waals surface area contributed by atoms with Crippen LogP contribution in [0.5, 0.6) is 0 Å². The van der Waals surface area contributed by atoms with Crippen LogP contribution >= 0.6 is 24.4 Å². The number of rotatable bonds is 6. The average Bonchev–Trinajstić information content (AvgIpc) is 2.38. The van der Waals surface area contributed by atoms with Gasteiger partial charge in [-0.15, -0.1) is 0 Å². The fourth-order valence-corrected chi connectivity index (χ4v) is 1.67. The molecule has 0 atom stereocenters. The number of likely N-dealkylation sites (N-methyl/N-ethyl adjacent to an activating group) is 1. The number of hydrogen-bond acceptors (Lipinski definition) is 6. The molecule has 1 aromatic rings. The highest BCUT2D eigenvalue weighted by molar-refractivity contribution is 7.78. The van der Waals surface area contributed by atoms with Crippen LogP contribution in [0, 0.1) is 0 Å². The number of aliphatic imine (C=N–C) groups is 2. The lowest BCUT2D eigenvalue weighted by molar-refractivity contribution is 0.0951. The zero-order chi connectivity index (χ0) is 15.0. The predicted molar refractivity (Wildman–Crippen MR) is 86.7 cm³/mol. The summed E-state index contributed by atoms with van der Waals surface area (Å²) in [4.78, 5) is 21.7. The normalized spacial score (nSPS) is 9.55. The number of thiocarbonyl (C=S) groups is 2. The van der Waals surface area contributed by atoms with Crippen molar-refractivity contribution in [3.8, 4) is 0 Å². The SMILES string of the molecule is CN(C)CCNC(=O)c1cc(N=C=S)cc(N=C=S)c1. The van der Waals surface area contributed by atoms with E-state index in [0.717, 1.165) is 6.54 Å². The number of nitrogens with one attached hydrogen (secondary N) is 1. The van der Waals surface area contributed by atoms with Gasteiger partial charge in [0.2, 0.25) is 0 Å². The van der Waals surface area contributed by atoms with Gasteiger partial charge in [0.05, 0.1) is 21.7 Å². The van der Waals surface area contributed by atoms with Gasteiger partial charge in [-0.05, 0) is 56.7 Å². The molecule has 1 N–H and O–H groups in total. The minimum atomic E-state index is -0.200. The third-order valence-corrected chi connectivity index (χ3v) is 2.54. The van der Waals surface area contributed by atoms with Gasteiger partial charge in [-0.3, -0.25) is 4.79 Å². The van der Waals surface area contributed by atoms with Crippen LogP contribution in [-0.4, -0.2) is 48.3 Å². The summed E-state index contributed by atoms with van der Waals surface area (Å²) >= 11 is 9.12. The van der Waals surface area contributed by atoms with Crippen molar-refractivity contribution in [2.24, 2.45) is 9.98 Å². The number of benzene rings is 1. The molecule has 0 unspecified atom stereocenters. The lowest BCUT2D eigenvalue weighted by Crippen LogP contribution is -2.31. The van der Waals surface area contributed by atoms with E-state index in [-0.39, 0.29) is 5.91 Å². The summed E-state index contributed by atoms with van der Waals surface area (Å²) in [6.07, 6.45) is 0. The van der Waals surface area contributed by atoms with Crippen LogP contribution in [0.15, 0.2) is 28.2 Å². The molecular formula is C13H14N4OS2. The smallest absolute Gasteiger partial charge is 0.251 e. The molecule has 0 spiro atoms. The number of nitrogens with zero attached hydrogens (tertiary/aromatic N) is 3. The Morgan fingerprint density at radius 2 is 1.75 bits per heavy atom. The first-order chi connectivity index (χ1) is 9.56. The van der Waals surface area contributed by atoms with Crippen molar-refractivity contribution in [3.63, 3.8) is 0 Å². The van der Waals surface area contributed by atoms with Crippen molar-refractivity contribution in [2.75, 3.05) is 27.2 Å². The predicted octanol–water partition coefficient (Wildman–Crippen LogP) is 2.45. The molecule has 5 nitrogen and oxygen atoms in total. The molecule has 0 saturated carbocycles. The minimum Gasteiger partial charge on any atom is -0.351 e. The Morgan fingerprint density at radius 1 is 1.20 bits per heavy atom. The Morgan fingerprint density at radius 3 is 2.20 bits per heavy atom. The fraction of sp³-hybridized carbons (Fsp3) is 0.308. The molecule has 0 fully saturated rings. The summed E-state index contributed by atoms with van der Waals surface area (Å²) in [6.45, 7) is 1.31. The second-order valence-corrected chi connectivity index (χ2v) is 4.57. The van der Waals surface area contributed by atoms with E-state index < -0.39 is 0 Å². The molecule has 0 aliphatic rings. The number of carbonyl (C=O) groups is 1. The van der Waals surface area contributed by atoms with Gasteiger partial charge >= 0.3 is 0 Å². The molecule has 1 amide bonds. The summed E-state index contributed by atoms with van der Waals surface area (Å²) in [5.74, 6) is -0.200. The Hall–Kier alpha value is -1.75. The lowest BCUT2D eigenvalue weighted by Gasteiger charge is -2.10. The van der Waals surface area contributed by atoms with Crippen molar-refractivity contribution >= 4 is 52.0 Å². The highest BCUT2D eigenvalue weighted by Crippen LogP contribution is 2.23. The van der Waals surface area contributed by atoms with Gasteiger partial charge in [-0.2, -0.15) is 9.98 Å². The molecule has 0 aliphatic heterocycles. The summed E-state index contributed by atoms with van der Waals surface area (Å²) in [6, 6.07) is 4.88. The number of carbonyl (C=O) groups excluding carboxylic acids is 1. The largest absolute Gasteiger partial charge is 0.351 e. The lowest BCUT2D eigenvalue weighted by atomic mass is 10.1. The first kappa shape index (κ1) is 16.3. The second-order valence-electron chi connectivity index (χ2n) is 4.20. The fourth-order valence-electron chi connectivity index (χ4n) is 1.46. The average molecular weight is 306 g/mol. The van der Waals surface area contributed by atoms with Crippen molar-refractivity contribution in [1.29, 1.82) is 0 Å². The molecule has 104 valence electrons. The van der Waals surface area contributed by atoms with Gasteiger partial charge in [0.15, 0.2) is 0 Å². The Balaban J connectivity index is 2.94. The molecule has 7 heteroatoms. The standard InChI is InChI=1S/C13H14N4OS2/c1-17(2)4-3-14-13(18)10-5-11(15-8-19)7-12(6-10)16-9-20/h5-7H,3-4H2,1-2H3,(H,14,18). The second kappa shape index (κ2) is 8.43. The molecule has 0 heterocycles. The maximum Gasteiger partial charge on any atom is 0.251 e. The molecule has 0 radical (unpaired) electrons. The van der Waals surface area contributed by atoms with Crippen molar-refractivity contribution in [1.82, 2.24) is 10.2 Å². The molecule has 1 aromatic carbocycles. The van der Waals surface area contributed by atoms with Crippen LogP contribution < -0.4 is 5.32 Å². The van der Waals surface area contributed by atoms with Gasteiger partial charge < -0.3 is 10.2 Å². The van der Waals surface area contributed by atoms with E-state index in [9.17, 15) is 4.79 Å². The molecule has 20 heavy (non-hydrogen) atoms. The molecule has 1 rings (SSSR count). The Labute approximate surface area is 128 Å². The van der Waals surface area contributed by atoms with Crippen LogP contribution in [0.1, 0.15) is 10.4 Å². The van der Waals surface area contributed by atoms with Crippen LogP contribution in [0.2, 0.25) is 0 Å². The Bertz CT molecular complexity index is 552. The zero-order valence-electron chi connectivity index (χ0n) is 11.2. The van der Waals surface area contributed by atoms with E-state index in [2.05, 4.69) is 50.1 Å². The zero-order valence-corrected chi connectivity index (χ0v) is 12.8. The molecular weight excluding hydrogens is 292 g/mol. The van der Waals surface area contributed by atoms with Gasteiger partial charge in [-0.1, -0.05) is 0 Å². The van der Waals surface area contributed by atoms with Crippen LogP contribution in [0.4, 0.5) is 11.4 Å². The van der Waals surface area contributed by atoms with E-state index in [0.29, 0.717) is 23.5 Å². The summed E-state index contributed by atoms with van der Waals surface area (Å²) in [5, 5.41) is 7.33. The monoisotopic (exact) mass is 306 g/mol. The highest BCUT2D eigenvalue weighted by Gasteiger charge is 2.08. The van der Waals surface area contributed by atoms with E-state index in [1.807, 2.05) is 19.0 Å². The topological polar surface area (TPSA) is 57.1 Å². The van der Waals surface area contributed by atoms with Crippen LogP contribution in [-0.2, 0) is 0 Å². The van der Waals surface area contributed by atoms with Crippen molar-refractivity contribution in [2.45, 2.75) is 0 Å². The number of amides is 1. The van der Waals surface area contributed by atoms with E-state index in [4.69, 9.17) is 0 Å². The van der Waals surface area contributed by atoms with E-state index in [1.165, 1.54) is 0 Å². The van der Waals surface area contributed by atoms with Crippen molar-refractivity contribution in [3.05, 3.63) is 23.8 Å². The first-order valence-electron chi connectivity index (χ1n) is 5.80. The molecule has 0 aromatic heterocycles. The quantitative estimate of drug-likeness (QED) is 0.648. The first-order valence-corrected chi connectivity index (χ1v) is 6.62. The van der Waals surface area contributed by atoms with Gasteiger partial charge in [0.1, 0.15) is 0 Å². The molecule has 0 bridgehead atoms.